The van der Waals surface area contributed by atoms with Gasteiger partial charge in [0.1, 0.15) is 5.75 Å². The molecular formula is C21H23N5O2S. The van der Waals surface area contributed by atoms with E-state index in [0.717, 1.165) is 48.4 Å². The number of carbonyl (C=O) groups excluding carboxylic acids is 1. The summed E-state index contributed by atoms with van der Waals surface area (Å²) in [7, 11) is 1.63. The van der Waals surface area contributed by atoms with E-state index in [1.807, 2.05) is 53.4 Å². The zero-order chi connectivity index (χ0) is 20.2. The lowest BCUT2D eigenvalue weighted by atomic mass is 10.1. The van der Waals surface area contributed by atoms with Gasteiger partial charge >= 0.3 is 0 Å². The molecule has 0 unspecified atom stereocenters. The first-order chi connectivity index (χ1) is 14.2. The first kappa shape index (κ1) is 19.3. The third-order valence-electron chi connectivity index (χ3n) is 4.97. The quantitative estimate of drug-likeness (QED) is 0.497. The van der Waals surface area contributed by atoms with E-state index in [2.05, 4.69) is 10.2 Å². The van der Waals surface area contributed by atoms with Gasteiger partial charge in [0.05, 0.1) is 7.11 Å². The van der Waals surface area contributed by atoms with Gasteiger partial charge in [-0.3, -0.25) is 4.79 Å². The number of aromatic nitrogens is 3. The second kappa shape index (κ2) is 8.57. The zero-order valence-electron chi connectivity index (χ0n) is 16.2. The average molecular weight is 410 g/mol. The van der Waals surface area contributed by atoms with Crippen LogP contribution < -0.4 is 10.6 Å². The summed E-state index contributed by atoms with van der Waals surface area (Å²) in [6, 6.07) is 15.3. The van der Waals surface area contributed by atoms with E-state index < -0.39 is 0 Å². The maximum absolute atomic E-state index is 12.4. The van der Waals surface area contributed by atoms with Crippen molar-refractivity contribution in [3.05, 3.63) is 59.7 Å². The van der Waals surface area contributed by atoms with E-state index >= 15 is 0 Å². The van der Waals surface area contributed by atoms with E-state index in [1.165, 1.54) is 16.4 Å². The highest BCUT2D eigenvalue weighted by Crippen LogP contribution is 2.26. The first-order valence-corrected chi connectivity index (χ1v) is 10.5. The molecule has 150 valence electrons. The molecule has 1 aliphatic rings. The molecule has 0 aliphatic carbocycles. The Morgan fingerprint density at radius 2 is 1.76 bits per heavy atom. The van der Waals surface area contributed by atoms with Gasteiger partial charge in [0.25, 0.3) is 5.91 Å². The molecule has 4 rings (SSSR count). The fourth-order valence-electron chi connectivity index (χ4n) is 3.31. The maximum Gasteiger partial charge on any atom is 0.253 e. The van der Waals surface area contributed by atoms with Gasteiger partial charge in [-0.05, 0) is 54.8 Å². The number of thioether (sulfide) groups is 1. The minimum Gasteiger partial charge on any atom is -0.497 e. The standard InChI is InChI=1S/C21H23N5O2S/c1-28-18-10-8-16(9-11-18)19-23-24-21(26(19)22)29-14-15-4-6-17(7-5-15)20(27)25-12-2-3-13-25/h4-11H,2-3,12-14,22H2,1H3. The van der Waals surface area contributed by atoms with Crippen LogP contribution in [0.4, 0.5) is 0 Å². The molecule has 1 amide bonds. The summed E-state index contributed by atoms with van der Waals surface area (Å²) < 4.78 is 6.68. The predicted molar refractivity (Wildman–Crippen MR) is 113 cm³/mol. The predicted octanol–water partition coefficient (Wildman–Crippen LogP) is 3.20. The monoisotopic (exact) mass is 409 g/mol. The molecule has 1 fully saturated rings. The van der Waals surface area contributed by atoms with Crippen molar-refractivity contribution in [1.82, 2.24) is 19.8 Å². The highest BCUT2D eigenvalue weighted by atomic mass is 32.2. The van der Waals surface area contributed by atoms with Crippen LogP contribution in [0, 0.1) is 0 Å². The van der Waals surface area contributed by atoms with Crippen LogP contribution in [0.25, 0.3) is 11.4 Å². The zero-order valence-corrected chi connectivity index (χ0v) is 17.1. The van der Waals surface area contributed by atoms with Crippen molar-refractivity contribution in [2.75, 3.05) is 26.0 Å². The van der Waals surface area contributed by atoms with Crippen molar-refractivity contribution in [3.63, 3.8) is 0 Å². The van der Waals surface area contributed by atoms with Crippen molar-refractivity contribution in [2.24, 2.45) is 0 Å². The van der Waals surface area contributed by atoms with Crippen LogP contribution in [-0.2, 0) is 5.75 Å². The Balaban J connectivity index is 1.40. The van der Waals surface area contributed by atoms with Gasteiger partial charge in [0, 0.05) is 30.0 Å². The number of nitrogen functional groups attached to an aromatic ring is 1. The number of benzene rings is 2. The van der Waals surface area contributed by atoms with Gasteiger partial charge in [-0.15, -0.1) is 10.2 Å². The summed E-state index contributed by atoms with van der Waals surface area (Å²) >= 11 is 1.51. The Kier molecular flexibility index (Phi) is 5.71. The van der Waals surface area contributed by atoms with E-state index in [9.17, 15) is 4.79 Å². The van der Waals surface area contributed by atoms with Crippen LogP contribution in [0.2, 0.25) is 0 Å². The third kappa shape index (κ3) is 4.22. The number of amides is 1. The number of ether oxygens (including phenoxy) is 1. The molecular weight excluding hydrogens is 386 g/mol. The molecule has 2 N–H and O–H groups in total. The van der Waals surface area contributed by atoms with Gasteiger partial charge in [0.2, 0.25) is 5.16 Å². The largest absolute Gasteiger partial charge is 0.497 e. The molecule has 0 bridgehead atoms. The van der Waals surface area contributed by atoms with Crippen LogP contribution in [0.5, 0.6) is 5.75 Å². The van der Waals surface area contributed by atoms with Gasteiger partial charge in [-0.2, -0.15) is 0 Å². The van der Waals surface area contributed by atoms with Crippen LogP contribution in [0.3, 0.4) is 0 Å². The molecule has 1 aliphatic heterocycles. The molecule has 0 saturated carbocycles. The van der Waals surface area contributed by atoms with Gasteiger partial charge in [-0.1, -0.05) is 23.9 Å². The van der Waals surface area contributed by atoms with Crippen molar-refractivity contribution < 1.29 is 9.53 Å². The Labute approximate surface area is 173 Å². The minimum absolute atomic E-state index is 0.118. The second-order valence-corrected chi connectivity index (χ2v) is 7.83. The van der Waals surface area contributed by atoms with E-state index in [4.69, 9.17) is 10.6 Å². The van der Waals surface area contributed by atoms with Gasteiger partial charge < -0.3 is 15.5 Å². The molecule has 0 spiro atoms. The first-order valence-electron chi connectivity index (χ1n) is 9.51. The third-order valence-corrected chi connectivity index (χ3v) is 5.99. The van der Waals surface area contributed by atoms with Crippen LogP contribution in [-0.4, -0.2) is 45.9 Å². The molecule has 3 aromatic rings. The molecule has 1 aromatic heterocycles. The van der Waals surface area contributed by atoms with Crippen molar-refractivity contribution in [2.45, 2.75) is 23.8 Å². The number of nitrogens with two attached hydrogens (primary N) is 1. The Morgan fingerprint density at radius 3 is 2.41 bits per heavy atom. The summed E-state index contributed by atoms with van der Waals surface area (Å²) in [5.41, 5.74) is 2.71. The molecule has 2 aromatic carbocycles. The van der Waals surface area contributed by atoms with Gasteiger partial charge in [-0.25, -0.2) is 4.68 Å². The number of likely N-dealkylation sites (tertiary alicyclic amines) is 1. The number of hydrogen-bond acceptors (Lipinski definition) is 6. The van der Waals surface area contributed by atoms with E-state index in [1.54, 1.807) is 7.11 Å². The lowest BCUT2D eigenvalue weighted by Crippen LogP contribution is -2.27. The molecule has 0 radical (unpaired) electrons. The number of rotatable bonds is 6. The number of methoxy groups -OCH3 is 1. The molecule has 8 heteroatoms. The topological polar surface area (TPSA) is 86.3 Å². The highest BCUT2D eigenvalue weighted by Gasteiger charge is 2.19. The lowest BCUT2D eigenvalue weighted by molar-refractivity contribution is 0.0793. The van der Waals surface area contributed by atoms with Crippen molar-refractivity contribution in [3.8, 4) is 17.1 Å². The minimum atomic E-state index is 0.118. The molecule has 2 heterocycles. The van der Waals surface area contributed by atoms with Crippen LogP contribution in [0.15, 0.2) is 53.7 Å². The Hall–Kier alpha value is -3.00. The Bertz CT molecular complexity index is 979. The van der Waals surface area contributed by atoms with Crippen molar-refractivity contribution in [1.29, 1.82) is 0 Å². The fraction of sp³-hybridized carbons (Fsp3) is 0.286. The smallest absolute Gasteiger partial charge is 0.253 e. The van der Waals surface area contributed by atoms with E-state index in [-0.39, 0.29) is 5.91 Å². The fourth-order valence-corrected chi connectivity index (χ4v) is 4.12. The maximum atomic E-state index is 12.4. The molecule has 29 heavy (non-hydrogen) atoms. The van der Waals surface area contributed by atoms with Crippen LogP contribution in [0.1, 0.15) is 28.8 Å². The van der Waals surface area contributed by atoms with Crippen LogP contribution >= 0.6 is 11.8 Å². The summed E-state index contributed by atoms with van der Waals surface area (Å²) in [5, 5.41) is 9.05. The number of carbonyl (C=O) groups is 1. The summed E-state index contributed by atoms with van der Waals surface area (Å²) in [6.45, 7) is 1.72. The second-order valence-electron chi connectivity index (χ2n) is 6.89. The molecule has 7 nitrogen and oxygen atoms in total. The molecule has 1 saturated heterocycles. The summed E-state index contributed by atoms with van der Waals surface area (Å²) in [6.07, 6.45) is 2.19. The Morgan fingerprint density at radius 1 is 1.07 bits per heavy atom. The van der Waals surface area contributed by atoms with Crippen molar-refractivity contribution >= 4 is 17.7 Å². The highest BCUT2D eigenvalue weighted by molar-refractivity contribution is 7.98. The van der Waals surface area contributed by atoms with Gasteiger partial charge in [0.15, 0.2) is 5.82 Å². The summed E-state index contributed by atoms with van der Waals surface area (Å²) in [5.74, 6) is 8.38. The number of hydrogen-bond donors (Lipinski definition) is 1. The van der Waals surface area contributed by atoms with E-state index in [0.29, 0.717) is 16.7 Å². The number of nitrogens with zero attached hydrogens (tertiary/aromatic N) is 4. The lowest BCUT2D eigenvalue weighted by Gasteiger charge is -2.15. The average Bonchev–Trinajstić information content (AvgIpc) is 3.42. The SMILES string of the molecule is COc1ccc(-c2nnc(SCc3ccc(C(=O)N4CCCC4)cc3)n2N)cc1. The normalized spacial score (nSPS) is 13.6. The summed E-state index contributed by atoms with van der Waals surface area (Å²) in [4.78, 5) is 14.4. The molecule has 0 atom stereocenters.